The first-order chi connectivity index (χ1) is 21.4. The van der Waals surface area contributed by atoms with E-state index < -0.39 is 5.82 Å². The fourth-order valence-electron chi connectivity index (χ4n) is 7.99. The van der Waals surface area contributed by atoms with Crippen LogP contribution in [0.5, 0.6) is 11.6 Å². The molecular formula is C36H38FN5O2. The highest BCUT2D eigenvalue weighted by atomic mass is 19.1. The van der Waals surface area contributed by atoms with Gasteiger partial charge in [-0.2, -0.15) is 0 Å². The van der Waals surface area contributed by atoms with Crippen molar-refractivity contribution in [2.45, 2.75) is 50.6 Å². The molecule has 5 heterocycles. The van der Waals surface area contributed by atoms with Crippen molar-refractivity contribution >= 4 is 27.5 Å². The Labute approximate surface area is 257 Å². The minimum Gasteiger partial charge on any atom is -0.508 e. The number of terminal acetylenes is 1. The first kappa shape index (κ1) is 27.6. The number of fused-ring (bicyclic) bond motifs is 4. The van der Waals surface area contributed by atoms with Crippen molar-refractivity contribution in [1.29, 1.82) is 0 Å². The molecule has 4 fully saturated rings. The molecule has 4 aliphatic rings. The van der Waals surface area contributed by atoms with E-state index >= 15 is 0 Å². The quantitative estimate of drug-likeness (QED) is 0.278. The van der Waals surface area contributed by atoms with Gasteiger partial charge < -0.3 is 25.0 Å². The highest BCUT2D eigenvalue weighted by Gasteiger charge is 2.50. The predicted octanol–water partition coefficient (Wildman–Crippen LogP) is 5.72. The van der Waals surface area contributed by atoms with Crippen LogP contribution >= 0.6 is 0 Å². The number of aromatic hydroxyl groups is 1. The van der Waals surface area contributed by atoms with Gasteiger partial charge in [0.25, 0.3) is 0 Å². The summed E-state index contributed by atoms with van der Waals surface area (Å²) in [4.78, 5) is 14.8. The number of nitrogens with one attached hydrogen (secondary N) is 1. The van der Waals surface area contributed by atoms with Gasteiger partial charge in [0.2, 0.25) is 5.88 Å². The molecule has 1 saturated carbocycles. The molecule has 2 atom stereocenters. The van der Waals surface area contributed by atoms with E-state index in [-0.39, 0.29) is 16.7 Å². The average molecular weight is 592 g/mol. The molecule has 7 nitrogen and oxygen atoms in total. The summed E-state index contributed by atoms with van der Waals surface area (Å²) in [6.45, 7) is 4.82. The molecule has 3 aliphatic heterocycles. The van der Waals surface area contributed by atoms with Gasteiger partial charge in [-0.05, 0) is 99.8 Å². The highest BCUT2D eigenvalue weighted by molar-refractivity contribution is 6.03. The second-order valence-corrected chi connectivity index (χ2v) is 13.5. The third-order valence-corrected chi connectivity index (χ3v) is 10.6. The van der Waals surface area contributed by atoms with E-state index in [4.69, 9.17) is 21.1 Å². The molecule has 0 radical (unpaired) electrons. The van der Waals surface area contributed by atoms with Crippen LogP contribution in [0.3, 0.4) is 0 Å². The minimum absolute atomic E-state index is 0.0767. The number of aromatic nitrogens is 2. The zero-order valence-electron chi connectivity index (χ0n) is 25.2. The number of phenolic OH excluding ortho intramolecular Hbond substituents is 1. The highest BCUT2D eigenvalue weighted by Crippen LogP contribution is 2.55. The van der Waals surface area contributed by atoms with E-state index in [1.165, 1.54) is 44.6 Å². The Kier molecular flexibility index (Phi) is 6.65. The van der Waals surface area contributed by atoms with E-state index in [2.05, 4.69) is 34.2 Å². The van der Waals surface area contributed by atoms with Gasteiger partial charge in [-0.25, -0.2) is 9.37 Å². The van der Waals surface area contributed by atoms with Gasteiger partial charge in [-0.15, -0.1) is 6.42 Å². The number of ether oxygens (including phenoxy) is 1. The molecule has 8 rings (SSSR count). The number of nitrogens with zero attached hydrogens (tertiary/aromatic N) is 4. The van der Waals surface area contributed by atoms with E-state index in [1.807, 2.05) is 6.07 Å². The zero-order valence-corrected chi connectivity index (χ0v) is 25.2. The normalized spacial score (nSPS) is 23.2. The van der Waals surface area contributed by atoms with Gasteiger partial charge in [-0.3, -0.25) is 4.98 Å². The van der Waals surface area contributed by atoms with Crippen molar-refractivity contribution < 1.29 is 14.2 Å². The molecule has 0 spiro atoms. The molecule has 3 saturated heterocycles. The fraction of sp³-hybridized carbons (Fsp3) is 0.444. The van der Waals surface area contributed by atoms with E-state index in [9.17, 15) is 9.50 Å². The summed E-state index contributed by atoms with van der Waals surface area (Å²) in [5.41, 5.74) is 4.31. The summed E-state index contributed by atoms with van der Waals surface area (Å²) in [5, 5.41) is 15.6. The largest absolute Gasteiger partial charge is 0.508 e. The van der Waals surface area contributed by atoms with Crippen molar-refractivity contribution in [3.05, 3.63) is 54.0 Å². The van der Waals surface area contributed by atoms with Crippen LogP contribution in [-0.2, 0) is 0 Å². The van der Waals surface area contributed by atoms with Crippen LogP contribution in [0.1, 0.15) is 44.1 Å². The van der Waals surface area contributed by atoms with Crippen LogP contribution in [0, 0.1) is 29.5 Å². The molecule has 1 aliphatic carbocycles. The second-order valence-electron chi connectivity index (χ2n) is 13.5. The molecule has 44 heavy (non-hydrogen) atoms. The summed E-state index contributed by atoms with van der Waals surface area (Å²) in [6.07, 6.45) is 14.8. The number of benzene rings is 2. The molecule has 4 aromatic rings. The van der Waals surface area contributed by atoms with Crippen LogP contribution in [0.2, 0.25) is 0 Å². The number of hydrogen-bond donors (Lipinski definition) is 2. The summed E-state index contributed by atoms with van der Waals surface area (Å²) >= 11 is 0. The van der Waals surface area contributed by atoms with E-state index in [0.717, 1.165) is 37.4 Å². The lowest BCUT2D eigenvalue weighted by molar-refractivity contribution is 0.110. The van der Waals surface area contributed by atoms with E-state index in [1.54, 1.807) is 24.4 Å². The Bertz CT molecular complexity index is 1790. The molecular weight excluding hydrogens is 553 g/mol. The maximum atomic E-state index is 14.8. The number of piperidine rings is 1. The summed E-state index contributed by atoms with van der Waals surface area (Å²) < 4.78 is 21.4. The number of halogens is 1. The van der Waals surface area contributed by atoms with Crippen molar-refractivity contribution in [3.8, 4) is 35.1 Å². The smallest absolute Gasteiger partial charge is 0.216 e. The Morgan fingerprint density at radius 1 is 1.09 bits per heavy atom. The molecule has 2 N–H and O–H groups in total. The van der Waals surface area contributed by atoms with Crippen LogP contribution in [0.4, 0.5) is 10.1 Å². The number of rotatable bonds is 6. The standard InChI is InChI=1S/C36H38FN5O2/c1-3-28-30(37)7-4-22-14-27(43)16-29(34(22)28)23-15-31-35(38-18-23)32(42-19-25-5-6-26(20-42)39-25)17-33(40-31)44-21-36(10-11-36)24-8-12-41(2)13-9-24/h1,4,7,14-18,24-26,39,43H,5-6,8-13,19-21H2,2H3. The van der Waals surface area contributed by atoms with Gasteiger partial charge >= 0.3 is 0 Å². The van der Waals surface area contributed by atoms with Crippen molar-refractivity contribution in [2.75, 3.05) is 44.7 Å². The van der Waals surface area contributed by atoms with Gasteiger partial charge in [0.15, 0.2) is 0 Å². The molecule has 2 aromatic heterocycles. The number of phenols is 1. The predicted molar refractivity (Wildman–Crippen MR) is 172 cm³/mol. The number of pyridine rings is 2. The van der Waals surface area contributed by atoms with Gasteiger partial charge in [-0.1, -0.05) is 12.0 Å². The van der Waals surface area contributed by atoms with Gasteiger partial charge in [0.1, 0.15) is 17.1 Å². The number of anilines is 1. The molecule has 8 heteroatoms. The van der Waals surface area contributed by atoms with Crippen molar-refractivity contribution in [2.24, 2.45) is 11.3 Å². The lowest BCUT2D eigenvalue weighted by Crippen LogP contribution is -2.51. The van der Waals surface area contributed by atoms with Gasteiger partial charge in [0.05, 0.1) is 23.4 Å². The monoisotopic (exact) mass is 591 g/mol. The zero-order chi connectivity index (χ0) is 30.0. The fourth-order valence-corrected chi connectivity index (χ4v) is 7.99. The molecule has 226 valence electrons. The Morgan fingerprint density at radius 3 is 2.59 bits per heavy atom. The maximum absolute atomic E-state index is 14.8. The molecule has 0 amide bonds. The first-order valence-corrected chi connectivity index (χ1v) is 15.9. The second kappa shape index (κ2) is 10.6. The Hall–Kier alpha value is -3.93. The van der Waals surface area contributed by atoms with Crippen LogP contribution in [-0.4, -0.2) is 71.9 Å². The molecule has 2 unspecified atom stereocenters. The lowest BCUT2D eigenvalue weighted by atomic mass is 9.82. The molecule has 2 bridgehead atoms. The van der Waals surface area contributed by atoms with Crippen molar-refractivity contribution in [3.63, 3.8) is 0 Å². The summed E-state index contributed by atoms with van der Waals surface area (Å²) in [6, 6.07) is 11.2. The summed E-state index contributed by atoms with van der Waals surface area (Å²) in [7, 11) is 2.21. The lowest BCUT2D eigenvalue weighted by Gasteiger charge is -2.35. The number of piperazine rings is 1. The number of hydrogen-bond acceptors (Lipinski definition) is 7. The first-order valence-electron chi connectivity index (χ1n) is 15.9. The third kappa shape index (κ3) is 4.83. The number of likely N-dealkylation sites (tertiary alicyclic amines) is 1. The van der Waals surface area contributed by atoms with Crippen LogP contribution in [0.25, 0.3) is 32.9 Å². The topological polar surface area (TPSA) is 73.8 Å². The van der Waals surface area contributed by atoms with E-state index in [0.29, 0.717) is 57.9 Å². The average Bonchev–Trinajstić information content (AvgIpc) is 3.75. The van der Waals surface area contributed by atoms with Crippen LogP contribution in [0.15, 0.2) is 42.6 Å². The SMILES string of the molecule is C#Cc1c(F)ccc2cc(O)cc(-c3cnc4c(N5CC6CCC(C5)N6)cc(OCC5(C6CCN(C)CC6)CC5)nc4c3)c12. The molecule has 2 aromatic carbocycles. The van der Waals surface area contributed by atoms with Crippen LogP contribution < -0.4 is 15.0 Å². The Balaban J connectivity index is 1.20. The van der Waals surface area contributed by atoms with Gasteiger partial charge in [0, 0.05) is 53.8 Å². The summed E-state index contributed by atoms with van der Waals surface area (Å²) in [5.74, 6) is 3.44. The van der Waals surface area contributed by atoms with Crippen molar-refractivity contribution in [1.82, 2.24) is 20.2 Å². The maximum Gasteiger partial charge on any atom is 0.216 e. The third-order valence-electron chi connectivity index (χ3n) is 10.6. The minimum atomic E-state index is -0.469. The Morgan fingerprint density at radius 2 is 1.86 bits per heavy atom.